The van der Waals surface area contributed by atoms with E-state index in [2.05, 4.69) is 26.7 Å². The lowest BCUT2D eigenvalue weighted by Gasteiger charge is -2.16. The second-order valence-corrected chi connectivity index (χ2v) is 9.84. The summed E-state index contributed by atoms with van der Waals surface area (Å²) in [6, 6.07) is 5.33. The van der Waals surface area contributed by atoms with Crippen LogP contribution in [-0.4, -0.2) is 27.2 Å². The Kier molecular flexibility index (Phi) is 6.25. The molecule has 1 aliphatic carbocycles. The molecule has 0 unspecified atom stereocenters. The first kappa shape index (κ1) is 21.7. The number of carbonyl (C=O) groups is 1. The molecule has 156 valence electrons. The summed E-state index contributed by atoms with van der Waals surface area (Å²) in [5.74, 6) is -2.74. The van der Waals surface area contributed by atoms with Crippen LogP contribution in [0.4, 0.5) is 20.2 Å². The first-order valence-corrected chi connectivity index (χ1v) is 11.4. The number of hydroxylamine groups is 1. The fraction of sp³-hybridized carbons (Fsp3) is 0.316. The minimum Gasteiger partial charge on any atom is -0.352 e. The number of carbonyl (C=O) groups excluding carboxylic acids is 1. The zero-order chi connectivity index (χ0) is 21.3. The Hall–Kier alpha value is -2.04. The number of nitrogens with one attached hydrogen (secondary N) is 2. The Balaban J connectivity index is 1.93. The maximum Gasteiger partial charge on any atom is 0.277 e. The number of halogens is 3. The van der Waals surface area contributed by atoms with Gasteiger partial charge in [-0.3, -0.25) is 9.63 Å². The highest BCUT2D eigenvalue weighted by molar-refractivity contribution is 9.10. The topological polar surface area (TPSA) is 84.5 Å². The van der Waals surface area contributed by atoms with E-state index in [9.17, 15) is 22.0 Å². The van der Waals surface area contributed by atoms with Crippen LogP contribution < -0.4 is 10.8 Å². The van der Waals surface area contributed by atoms with Gasteiger partial charge in [-0.05, 0) is 71.4 Å². The Labute approximate surface area is 175 Å². The van der Waals surface area contributed by atoms with E-state index in [1.54, 1.807) is 6.92 Å². The zero-order valence-electron chi connectivity index (χ0n) is 15.7. The molecule has 2 aromatic carbocycles. The summed E-state index contributed by atoms with van der Waals surface area (Å²) >= 11 is 2.90. The van der Waals surface area contributed by atoms with Gasteiger partial charge in [0.05, 0.1) is 27.2 Å². The molecule has 0 aliphatic heterocycles. The molecule has 0 saturated heterocycles. The van der Waals surface area contributed by atoms with Gasteiger partial charge in [-0.2, -0.15) is 0 Å². The lowest BCUT2D eigenvalue weighted by molar-refractivity contribution is 0.0270. The maximum atomic E-state index is 14.6. The minimum atomic E-state index is -3.42. The number of hydrogen-bond acceptors (Lipinski definition) is 5. The van der Waals surface area contributed by atoms with E-state index in [1.807, 2.05) is 0 Å². The summed E-state index contributed by atoms with van der Waals surface area (Å²) in [5.41, 5.74) is 2.50. The van der Waals surface area contributed by atoms with Crippen LogP contribution >= 0.6 is 15.9 Å². The van der Waals surface area contributed by atoms with Gasteiger partial charge in [0.1, 0.15) is 0 Å². The monoisotopic (exact) mass is 488 g/mol. The number of benzene rings is 2. The SMILES string of the molecule is Cc1cc(S(C)(=O)=O)ccc1Nc1c(C(=O)NOCC2CC2)cc(Br)c(F)c1F. The van der Waals surface area contributed by atoms with Crippen LogP contribution in [0, 0.1) is 24.5 Å². The van der Waals surface area contributed by atoms with Gasteiger partial charge in [-0.25, -0.2) is 22.7 Å². The second-order valence-electron chi connectivity index (χ2n) is 6.97. The van der Waals surface area contributed by atoms with Gasteiger partial charge in [0, 0.05) is 11.9 Å². The number of aryl methyl sites for hydroxylation is 1. The molecule has 3 rings (SSSR count). The molecule has 2 N–H and O–H groups in total. The van der Waals surface area contributed by atoms with Crippen molar-refractivity contribution in [3.05, 3.63) is 51.5 Å². The van der Waals surface area contributed by atoms with E-state index in [1.165, 1.54) is 18.2 Å². The Morgan fingerprint density at radius 3 is 2.52 bits per heavy atom. The molecule has 0 atom stereocenters. The lowest BCUT2D eigenvalue weighted by atomic mass is 10.1. The van der Waals surface area contributed by atoms with Gasteiger partial charge >= 0.3 is 0 Å². The molecular formula is C19H19BrF2N2O4S. The van der Waals surface area contributed by atoms with Crippen molar-refractivity contribution in [2.24, 2.45) is 5.92 Å². The molecular weight excluding hydrogens is 470 g/mol. The predicted molar refractivity (Wildman–Crippen MR) is 108 cm³/mol. The van der Waals surface area contributed by atoms with Gasteiger partial charge in [0.25, 0.3) is 5.91 Å². The largest absolute Gasteiger partial charge is 0.352 e. The normalized spacial score (nSPS) is 14.0. The van der Waals surface area contributed by atoms with Crippen molar-refractivity contribution >= 4 is 43.0 Å². The van der Waals surface area contributed by atoms with Crippen molar-refractivity contribution in [2.45, 2.75) is 24.7 Å². The average molecular weight is 489 g/mol. The molecule has 6 nitrogen and oxygen atoms in total. The number of amides is 1. The molecule has 29 heavy (non-hydrogen) atoms. The van der Waals surface area contributed by atoms with Crippen molar-refractivity contribution in [2.75, 3.05) is 18.2 Å². The number of rotatable bonds is 7. The van der Waals surface area contributed by atoms with E-state index in [4.69, 9.17) is 4.84 Å². The van der Waals surface area contributed by atoms with Crippen LogP contribution in [0.1, 0.15) is 28.8 Å². The molecule has 0 spiro atoms. The third-order valence-electron chi connectivity index (χ3n) is 4.47. The summed E-state index contributed by atoms with van der Waals surface area (Å²) in [5, 5.41) is 2.70. The summed E-state index contributed by atoms with van der Waals surface area (Å²) in [7, 11) is -3.42. The highest BCUT2D eigenvalue weighted by Gasteiger charge is 2.25. The molecule has 0 heterocycles. The highest BCUT2D eigenvalue weighted by Crippen LogP contribution is 2.33. The maximum absolute atomic E-state index is 14.6. The van der Waals surface area contributed by atoms with Gasteiger partial charge in [-0.1, -0.05) is 0 Å². The van der Waals surface area contributed by atoms with Crippen LogP contribution in [0.25, 0.3) is 0 Å². The molecule has 0 aromatic heterocycles. The van der Waals surface area contributed by atoms with Crippen LogP contribution in [0.5, 0.6) is 0 Å². The van der Waals surface area contributed by atoms with E-state index >= 15 is 0 Å². The first-order chi connectivity index (χ1) is 13.6. The van der Waals surface area contributed by atoms with E-state index in [0.717, 1.165) is 25.2 Å². The highest BCUT2D eigenvalue weighted by atomic mass is 79.9. The molecule has 2 aromatic rings. The summed E-state index contributed by atoms with van der Waals surface area (Å²) in [6.07, 6.45) is 3.13. The second kappa shape index (κ2) is 8.37. The van der Waals surface area contributed by atoms with Gasteiger partial charge < -0.3 is 5.32 Å². The predicted octanol–water partition coefficient (Wildman–Crippen LogP) is 4.25. The van der Waals surface area contributed by atoms with Crippen LogP contribution in [0.3, 0.4) is 0 Å². The van der Waals surface area contributed by atoms with Crippen LogP contribution in [0.2, 0.25) is 0 Å². The Morgan fingerprint density at radius 2 is 1.93 bits per heavy atom. The van der Waals surface area contributed by atoms with Crippen molar-refractivity contribution in [1.82, 2.24) is 5.48 Å². The van der Waals surface area contributed by atoms with Gasteiger partial charge in [0.2, 0.25) is 0 Å². The van der Waals surface area contributed by atoms with E-state index in [0.29, 0.717) is 23.8 Å². The van der Waals surface area contributed by atoms with Crippen molar-refractivity contribution in [3.8, 4) is 0 Å². The van der Waals surface area contributed by atoms with E-state index < -0.39 is 27.4 Å². The smallest absolute Gasteiger partial charge is 0.277 e. The van der Waals surface area contributed by atoms with Crippen LogP contribution in [-0.2, 0) is 14.7 Å². The van der Waals surface area contributed by atoms with Crippen molar-refractivity contribution in [3.63, 3.8) is 0 Å². The molecule has 1 saturated carbocycles. The minimum absolute atomic E-state index is 0.0921. The molecule has 1 fully saturated rings. The fourth-order valence-corrected chi connectivity index (χ4v) is 3.71. The van der Waals surface area contributed by atoms with Gasteiger partial charge in [-0.15, -0.1) is 0 Å². The molecule has 1 aliphatic rings. The van der Waals surface area contributed by atoms with Crippen molar-refractivity contribution in [1.29, 1.82) is 0 Å². The number of anilines is 2. The Morgan fingerprint density at radius 1 is 1.24 bits per heavy atom. The third-order valence-corrected chi connectivity index (χ3v) is 6.16. The fourth-order valence-electron chi connectivity index (χ4n) is 2.60. The summed E-state index contributed by atoms with van der Waals surface area (Å²) in [4.78, 5) is 17.7. The lowest BCUT2D eigenvalue weighted by Crippen LogP contribution is -2.26. The average Bonchev–Trinajstić information content (AvgIpc) is 3.46. The molecule has 10 heteroatoms. The molecule has 0 radical (unpaired) electrons. The standard InChI is InChI=1S/C19H19BrF2N2O4S/c1-10-7-12(29(2,26)27)5-6-15(10)23-18-13(8-14(20)16(21)17(18)22)19(25)24-28-9-11-3-4-11/h5-8,11,23H,3-4,9H2,1-2H3,(H,24,25). The number of sulfone groups is 1. The zero-order valence-corrected chi connectivity index (χ0v) is 18.1. The number of hydrogen-bond donors (Lipinski definition) is 2. The Bertz CT molecular complexity index is 1070. The van der Waals surface area contributed by atoms with E-state index in [-0.39, 0.29) is 20.6 Å². The first-order valence-electron chi connectivity index (χ1n) is 8.75. The van der Waals surface area contributed by atoms with Gasteiger partial charge in [0.15, 0.2) is 21.5 Å². The van der Waals surface area contributed by atoms with Crippen LogP contribution in [0.15, 0.2) is 33.6 Å². The third kappa shape index (κ3) is 5.12. The van der Waals surface area contributed by atoms with Crippen molar-refractivity contribution < 1.29 is 26.8 Å². The molecule has 1 amide bonds. The summed E-state index contributed by atoms with van der Waals surface area (Å²) < 4.78 is 51.9. The quantitative estimate of drug-likeness (QED) is 0.449. The summed E-state index contributed by atoms with van der Waals surface area (Å²) in [6.45, 7) is 1.97. The molecule has 0 bridgehead atoms.